The van der Waals surface area contributed by atoms with E-state index in [1.807, 2.05) is 0 Å². The van der Waals surface area contributed by atoms with Crippen LogP contribution in [0.4, 0.5) is 5.13 Å². The normalized spacial score (nSPS) is 21.4. The molecule has 0 saturated carbocycles. The van der Waals surface area contributed by atoms with E-state index in [1.165, 1.54) is 18.0 Å². The molecule has 5 heteroatoms. The van der Waals surface area contributed by atoms with Gasteiger partial charge in [0.15, 0.2) is 0 Å². The van der Waals surface area contributed by atoms with Crippen LogP contribution < -0.4 is 10.6 Å². The summed E-state index contributed by atoms with van der Waals surface area (Å²) >= 11 is 1.46. The van der Waals surface area contributed by atoms with Gasteiger partial charge in [-0.25, -0.2) is 4.98 Å². The van der Waals surface area contributed by atoms with Gasteiger partial charge in [0.05, 0.1) is 0 Å². The zero-order chi connectivity index (χ0) is 9.80. The van der Waals surface area contributed by atoms with Crippen molar-refractivity contribution >= 4 is 16.7 Å². The van der Waals surface area contributed by atoms with E-state index in [4.69, 9.17) is 0 Å². The number of nitrogens with one attached hydrogen (secondary N) is 2. The Morgan fingerprint density at radius 1 is 1.64 bits per heavy atom. The second-order valence-electron chi connectivity index (χ2n) is 3.61. The summed E-state index contributed by atoms with van der Waals surface area (Å²) in [5.74, 6) is 1.70. The second kappa shape index (κ2) is 4.70. The van der Waals surface area contributed by atoms with Crippen LogP contribution in [-0.4, -0.2) is 29.0 Å². The van der Waals surface area contributed by atoms with Gasteiger partial charge in [-0.3, -0.25) is 0 Å². The van der Waals surface area contributed by atoms with Crippen molar-refractivity contribution < 1.29 is 0 Å². The first kappa shape index (κ1) is 9.86. The highest BCUT2D eigenvalue weighted by Crippen LogP contribution is 2.13. The Bertz CT molecular complexity index is 280. The van der Waals surface area contributed by atoms with E-state index in [-0.39, 0.29) is 0 Å². The molecule has 4 nitrogen and oxygen atoms in total. The molecule has 0 aliphatic carbocycles. The molecule has 1 fully saturated rings. The van der Waals surface area contributed by atoms with Crippen molar-refractivity contribution in [2.24, 2.45) is 5.92 Å². The molecule has 1 aliphatic rings. The van der Waals surface area contributed by atoms with Gasteiger partial charge in [0.25, 0.3) is 0 Å². The van der Waals surface area contributed by atoms with Gasteiger partial charge in [0.1, 0.15) is 5.82 Å². The van der Waals surface area contributed by atoms with Crippen molar-refractivity contribution in [1.29, 1.82) is 0 Å². The molecular formula is C9H16N4S. The van der Waals surface area contributed by atoms with Crippen LogP contribution in [0.1, 0.15) is 19.2 Å². The van der Waals surface area contributed by atoms with Gasteiger partial charge in [0, 0.05) is 24.5 Å². The summed E-state index contributed by atoms with van der Waals surface area (Å²) in [5, 5.41) is 7.66. The summed E-state index contributed by atoms with van der Waals surface area (Å²) in [6, 6.07) is 0. The topological polar surface area (TPSA) is 49.8 Å². The molecule has 0 radical (unpaired) electrons. The standard InChI is InChI=1S/C9H16N4S/c1-2-8-12-9(14-13-8)11-6-7-3-4-10-5-7/h7,10H,2-6H2,1H3,(H,11,12,13). The number of aryl methyl sites for hydroxylation is 1. The smallest absolute Gasteiger partial charge is 0.202 e. The first-order valence-electron chi connectivity index (χ1n) is 5.15. The largest absolute Gasteiger partial charge is 0.360 e. The number of hydrogen-bond acceptors (Lipinski definition) is 5. The van der Waals surface area contributed by atoms with Crippen molar-refractivity contribution in [2.75, 3.05) is 25.0 Å². The molecule has 2 rings (SSSR count). The van der Waals surface area contributed by atoms with Crippen LogP contribution in [0.15, 0.2) is 0 Å². The van der Waals surface area contributed by atoms with Crippen LogP contribution in [0.3, 0.4) is 0 Å². The van der Waals surface area contributed by atoms with Gasteiger partial charge in [-0.1, -0.05) is 6.92 Å². The Labute approximate surface area is 88.3 Å². The van der Waals surface area contributed by atoms with E-state index in [9.17, 15) is 0 Å². The highest BCUT2D eigenvalue weighted by atomic mass is 32.1. The van der Waals surface area contributed by atoms with Crippen molar-refractivity contribution in [2.45, 2.75) is 19.8 Å². The highest BCUT2D eigenvalue weighted by Gasteiger charge is 2.14. The predicted octanol–water partition coefficient (Wildman–Crippen LogP) is 1.12. The fourth-order valence-corrected chi connectivity index (χ4v) is 2.25. The molecule has 1 saturated heterocycles. The summed E-state index contributed by atoms with van der Waals surface area (Å²) in [6.07, 6.45) is 2.19. The van der Waals surface area contributed by atoms with Crippen molar-refractivity contribution in [1.82, 2.24) is 14.7 Å². The lowest BCUT2D eigenvalue weighted by atomic mass is 10.1. The minimum Gasteiger partial charge on any atom is -0.360 e. The quantitative estimate of drug-likeness (QED) is 0.785. The fraction of sp³-hybridized carbons (Fsp3) is 0.778. The van der Waals surface area contributed by atoms with E-state index >= 15 is 0 Å². The lowest BCUT2D eigenvalue weighted by molar-refractivity contribution is 0.615. The Morgan fingerprint density at radius 3 is 3.21 bits per heavy atom. The maximum absolute atomic E-state index is 4.37. The molecular weight excluding hydrogens is 196 g/mol. The second-order valence-corrected chi connectivity index (χ2v) is 4.36. The van der Waals surface area contributed by atoms with Gasteiger partial charge in [-0.05, 0) is 25.4 Å². The highest BCUT2D eigenvalue weighted by molar-refractivity contribution is 7.09. The Morgan fingerprint density at radius 2 is 2.57 bits per heavy atom. The molecule has 14 heavy (non-hydrogen) atoms. The summed E-state index contributed by atoms with van der Waals surface area (Å²) in [4.78, 5) is 4.37. The van der Waals surface area contributed by atoms with Gasteiger partial charge < -0.3 is 10.6 Å². The zero-order valence-electron chi connectivity index (χ0n) is 8.42. The third-order valence-corrected chi connectivity index (χ3v) is 3.20. The minimum atomic E-state index is 0.754. The maximum Gasteiger partial charge on any atom is 0.202 e. The third-order valence-electron chi connectivity index (χ3n) is 2.49. The molecule has 1 aromatic heterocycles. The van der Waals surface area contributed by atoms with Crippen LogP contribution in [0.25, 0.3) is 0 Å². The van der Waals surface area contributed by atoms with Crippen molar-refractivity contribution in [3.8, 4) is 0 Å². The van der Waals surface area contributed by atoms with Gasteiger partial charge in [-0.15, -0.1) is 0 Å². The SMILES string of the molecule is CCc1nsc(NCC2CCNC2)n1. The summed E-state index contributed by atoms with van der Waals surface area (Å²) in [5.41, 5.74) is 0. The molecule has 0 bridgehead atoms. The molecule has 1 atom stereocenters. The molecule has 78 valence electrons. The monoisotopic (exact) mass is 212 g/mol. The van der Waals surface area contributed by atoms with Crippen LogP contribution in [0.2, 0.25) is 0 Å². The Balaban J connectivity index is 1.79. The molecule has 0 aromatic carbocycles. The van der Waals surface area contributed by atoms with Gasteiger partial charge in [-0.2, -0.15) is 4.37 Å². The summed E-state index contributed by atoms with van der Waals surface area (Å²) < 4.78 is 4.23. The molecule has 0 amide bonds. The van der Waals surface area contributed by atoms with E-state index in [0.717, 1.165) is 42.9 Å². The van der Waals surface area contributed by atoms with E-state index in [2.05, 4.69) is 26.9 Å². The minimum absolute atomic E-state index is 0.754. The van der Waals surface area contributed by atoms with Crippen molar-refractivity contribution in [3.05, 3.63) is 5.82 Å². The molecule has 0 spiro atoms. The van der Waals surface area contributed by atoms with Crippen LogP contribution in [0, 0.1) is 5.92 Å². The maximum atomic E-state index is 4.37. The predicted molar refractivity (Wildman–Crippen MR) is 58.8 cm³/mol. The number of anilines is 1. The molecule has 1 unspecified atom stereocenters. The first-order chi connectivity index (χ1) is 6.88. The molecule has 2 heterocycles. The van der Waals surface area contributed by atoms with Gasteiger partial charge in [0.2, 0.25) is 5.13 Å². The van der Waals surface area contributed by atoms with E-state index < -0.39 is 0 Å². The summed E-state index contributed by atoms with van der Waals surface area (Å²) in [7, 11) is 0. The average Bonchev–Trinajstić information content (AvgIpc) is 2.86. The van der Waals surface area contributed by atoms with E-state index in [0.29, 0.717) is 0 Å². The number of nitrogens with zero attached hydrogens (tertiary/aromatic N) is 2. The molecule has 2 N–H and O–H groups in total. The molecule has 1 aromatic rings. The lowest BCUT2D eigenvalue weighted by Crippen LogP contribution is -2.17. The van der Waals surface area contributed by atoms with Crippen LogP contribution in [0.5, 0.6) is 0 Å². The van der Waals surface area contributed by atoms with Gasteiger partial charge >= 0.3 is 0 Å². The van der Waals surface area contributed by atoms with E-state index in [1.54, 1.807) is 0 Å². The lowest BCUT2D eigenvalue weighted by Gasteiger charge is -2.07. The summed E-state index contributed by atoms with van der Waals surface area (Å²) in [6.45, 7) is 5.38. The third kappa shape index (κ3) is 2.42. The number of hydrogen-bond donors (Lipinski definition) is 2. The number of rotatable bonds is 4. The average molecular weight is 212 g/mol. The Hall–Kier alpha value is -0.680. The fourth-order valence-electron chi connectivity index (χ4n) is 1.59. The van der Waals surface area contributed by atoms with Crippen LogP contribution in [-0.2, 0) is 6.42 Å². The Kier molecular flexibility index (Phi) is 3.31. The first-order valence-corrected chi connectivity index (χ1v) is 5.93. The van der Waals surface area contributed by atoms with Crippen molar-refractivity contribution in [3.63, 3.8) is 0 Å². The zero-order valence-corrected chi connectivity index (χ0v) is 9.23. The number of aromatic nitrogens is 2. The molecule has 1 aliphatic heterocycles. The van der Waals surface area contributed by atoms with Crippen LogP contribution >= 0.6 is 11.5 Å².